The van der Waals surface area contributed by atoms with Crippen LogP contribution in [0.15, 0.2) is 42.6 Å². The highest BCUT2D eigenvalue weighted by Gasteiger charge is 2.38. The van der Waals surface area contributed by atoms with Crippen molar-refractivity contribution >= 4 is 57.0 Å². The van der Waals surface area contributed by atoms with Gasteiger partial charge in [0.2, 0.25) is 5.91 Å². The first-order valence-electron chi connectivity index (χ1n) is 15.5. The van der Waals surface area contributed by atoms with Crippen molar-refractivity contribution in [3.8, 4) is 0 Å². The van der Waals surface area contributed by atoms with Crippen LogP contribution in [0.1, 0.15) is 60.0 Å². The van der Waals surface area contributed by atoms with Gasteiger partial charge in [-0.25, -0.2) is 4.39 Å². The molecule has 2 heterocycles. The first-order chi connectivity index (χ1) is 21.7. The number of methoxy groups -OCH3 is 2. The molecule has 1 aliphatic heterocycles. The highest BCUT2D eigenvalue weighted by Crippen LogP contribution is 2.31. The predicted octanol–water partition coefficient (Wildman–Crippen LogP) is 5.80. The van der Waals surface area contributed by atoms with Crippen LogP contribution in [0.25, 0.3) is 10.9 Å². The summed E-state index contributed by atoms with van der Waals surface area (Å²) in [4.78, 5) is 40.7. The number of nitrogens with one attached hydrogen (secondary N) is 1. The number of halogens is 2. The second kappa shape index (κ2) is 15.0. The minimum atomic E-state index is -0.539. The summed E-state index contributed by atoms with van der Waals surface area (Å²) in [6.07, 6.45) is 6.26. The van der Waals surface area contributed by atoms with Gasteiger partial charge in [-0.15, -0.1) is 0 Å². The normalized spacial score (nSPS) is 21.7. The number of carbonyl (C=O) groups excluding carboxylic acids is 3. The number of rotatable bonds is 11. The fourth-order valence-corrected chi connectivity index (χ4v) is 7.40. The molecule has 2 fully saturated rings. The average Bonchev–Trinajstić information content (AvgIpc) is 3.61. The van der Waals surface area contributed by atoms with Crippen molar-refractivity contribution in [2.24, 2.45) is 13.0 Å². The Morgan fingerprint density at radius 1 is 0.978 bits per heavy atom. The molecule has 1 saturated heterocycles. The summed E-state index contributed by atoms with van der Waals surface area (Å²) in [7, 11) is 4.91. The lowest BCUT2D eigenvalue weighted by molar-refractivity contribution is -0.148. The number of esters is 1. The number of hydrogen-bond donors (Lipinski definition) is 1. The van der Waals surface area contributed by atoms with Gasteiger partial charge in [0.05, 0.1) is 56.4 Å². The van der Waals surface area contributed by atoms with E-state index in [1.807, 2.05) is 40.8 Å². The molecule has 1 saturated carbocycles. The molecular formula is C34H41FIN3O6. The van der Waals surface area contributed by atoms with Crippen LogP contribution < -0.4 is 5.32 Å². The number of fused-ring (bicyclic) bond motifs is 1. The summed E-state index contributed by atoms with van der Waals surface area (Å²) in [6.45, 7) is 0.785. The van der Waals surface area contributed by atoms with Crippen LogP contribution in [0.4, 0.5) is 10.1 Å². The number of amides is 2. The summed E-state index contributed by atoms with van der Waals surface area (Å²) in [6, 6.07) is 10.4. The largest absolute Gasteiger partial charge is 0.469 e. The minimum Gasteiger partial charge on any atom is -0.469 e. The summed E-state index contributed by atoms with van der Waals surface area (Å²) in [5.41, 5.74) is 2.86. The van der Waals surface area contributed by atoms with Gasteiger partial charge in [0.1, 0.15) is 5.82 Å². The Bertz CT molecular complexity index is 1540. The fourth-order valence-electron chi connectivity index (χ4n) is 6.77. The molecule has 2 aromatic carbocycles. The maximum atomic E-state index is 15.6. The van der Waals surface area contributed by atoms with E-state index in [9.17, 15) is 14.4 Å². The molecule has 2 amide bonds. The summed E-state index contributed by atoms with van der Waals surface area (Å²) < 4.78 is 34.5. The van der Waals surface area contributed by atoms with Gasteiger partial charge >= 0.3 is 5.97 Å². The number of aromatic nitrogens is 1. The SMILES string of the molecule is COC[C@@H]1CC[C@@H](CO[C@H]2CC[C@H](C(=O)OC)CC2)N1C(=O)Cc1cc(CI)c(NC(=O)c2cn(C)c3ccccc23)cc1F. The van der Waals surface area contributed by atoms with Gasteiger partial charge in [-0.2, -0.15) is 0 Å². The van der Waals surface area contributed by atoms with E-state index in [2.05, 4.69) is 27.9 Å². The van der Waals surface area contributed by atoms with Crippen LogP contribution in [-0.4, -0.2) is 72.9 Å². The van der Waals surface area contributed by atoms with E-state index in [4.69, 9.17) is 14.2 Å². The zero-order valence-corrected chi connectivity index (χ0v) is 28.2. The second-order valence-electron chi connectivity index (χ2n) is 12.0. The number of para-hydroxylation sites is 1. The van der Waals surface area contributed by atoms with Crippen molar-refractivity contribution in [3.05, 3.63) is 65.1 Å². The Balaban J connectivity index is 1.26. The highest BCUT2D eigenvalue weighted by molar-refractivity contribution is 14.1. The number of alkyl halides is 1. The maximum Gasteiger partial charge on any atom is 0.308 e. The molecule has 5 rings (SSSR count). The minimum absolute atomic E-state index is 0.0321. The van der Waals surface area contributed by atoms with E-state index in [-0.39, 0.29) is 48.3 Å². The smallest absolute Gasteiger partial charge is 0.308 e. The second-order valence-corrected chi connectivity index (χ2v) is 12.8. The Hall–Kier alpha value is -3.03. The third-order valence-electron chi connectivity index (χ3n) is 9.15. The van der Waals surface area contributed by atoms with Crippen LogP contribution >= 0.6 is 22.6 Å². The quantitative estimate of drug-likeness (QED) is 0.152. The van der Waals surface area contributed by atoms with Gasteiger partial charge in [0.15, 0.2) is 0 Å². The topological polar surface area (TPSA) is 99.1 Å². The standard InChI is InChI=1S/C34H41FIN3O6/c1-38-18-28(27-6-4-5-7-31(27)38)33(41)37-30-16-29(35)22(14-23(30)17-36)15-32(40)39-24(19-43-2)10-11-25(39)20-45-26-12-8-21(9-13-26)34(42)44-3/h4-7,14,16,18,21,24-26H,8-13,15,17,19-20H2,1-3H3,(H,37,41)/t21-,24-,25-,26-/m0/s1. The Kier molecular flexibility index (Phi) is 11.1. The number of carbonyl (C=O) groups is 3. The molecule has 9 nitrogen and oxygen atoms in total. The van der Waals surface area contributed by atoms with Crippen molar-refractivity contribution in [2.75, 3.05) is 32.8 Å². The third kappa shape index (κ3) is 7.52. The van der Waals surface area contributed by atoms with Gasteiger partial charge in [0, 0.05) is 41.4 Å². The molecule has 0 bridgehead atoms. The molecule has 3 aromatic rings. The van der Waals surface area contributed by atoms with Crippen molar-refractivity contribution in [1.29, 1.82) is 0 Å². The molecule has 45 heavy (non-hydrogen) atoms. The van der Waals surface area contributed by atoms with Gasteiger partial charge in [-0.3, -0.25) is 14.4 Å². The van der Waals surface area contributed by atoms with Crippen molar-refractivity contribution in [2.45, 2.75) is 67.6 Å². The summed E-state index contributed by atoms with van der Waals surface area (Å²) in [5, 5.41) is 3.72. The van der Waals surface area contributed by atoms with E-state index in [0.717, 1.165) is 55.0 Å². The van der Waals surface area contributed by atoms with Crippen LogP contribution in [0.3, 0.4) is 0 Å². The molecule has 2 aliphatic rings. The number of aryl methyl sites for hydroxylation is 1. The third-order valence-corrected chi connectivity index (χ3v) is 9.97. The number of hydrogen-bond acceptors (Lipinski definition) is 6. The average molecular weight is 734 g/mol. The van der Waals surface area contributed by atoms with E-state index in [1.165, 1.54) is 13.2 Å². The van der Waals surface area contributed by atoms with Crippen molar-refractivity contribution < 1.29 is 33.0 Å². The molecule has 242 valence electrons. The molecule has 0 spiro atoms. The Morgan fingerprint density at radius 3 is 2.38 bits per heavy atom. The van der Waals surface area contributed by atoms with Crippen molar-refractivity contribution in [3.63, 3.8) is 0 Å². The van der Waals surface area contributed by atoms with Crippen LogP contribution in [0.2, 0.25) is 0 Å². The number of likely N-dealkylation sites (tertiary alicyclic amines) is 1. The molecule has 2 atom stereocenters. The molecule has 1 N–H and O–H groups in total. The highest BCUT2D eigenvalue weighted by atomic mass is 127. The van der Waals surface area contributed by atoms with Gasteiger partial charge < -0.3 is 29.0 Å². The van der Waals surface area contributed by atoms with E-state index >= 15 is 4.39 Å². The summed E-state index contributed by atoms with van der Waals surface area (Å²) in [5.74, 6) is -1.28. The number of ether oxygens (including phenoxy) is 3. The monoisotopic (exact) mass is 733 g/mol. The molecular weight excluding hydrogens is 692 g/mol. The van der Waals surface area contributed by atoms with Crippen LogP contribution in [0, 0.1) is 11.7 Å². The molecule has 1 aliphatic carbocycles. The zero-order valence-electron chi connectivity index (χ0n) is 26.0. The first-order valence-corrected chi connectivity index (χ1v) is 17.0. The maximum absolute atomic E-state index is 15.6. The Morgan fingerprint density at radius 2 is 1.69 bits per heavy atom. The van der Waals surface area contributed by atoms with Crippen LogP contribution in [0.5, 0.6) is 0 Å². The lowest BCUT2D eigenvalue weighted by atomic mass is 9.87. The number of nitrogens with zero attached hydrogens (tertiary/aromatic N) is 2. The molecule has 11 heteroatoms. The lowest BCUT2D eigenvalue weighted by Crippen LogP contribution is -2.46. The number of anilines is 1. The van der Waals surface area contributed by atoms with Crippen LogP contribution in [-0.2, 0) is 41.7 Å². The molecule has 0 radical (unpaired) electrons. The predicted molar refractivity (Wildman–Crippen MR) is 178 cm³/mol. The lowest BCUT2D eigenvalue weighted by Gasteiger charge is -2.33. The molecule has 1 aromatic heterocycles. The Labute approximate surface area is 276 Å². The van der Waals surface area contributed by atoms with Gasteiger partial charge in [-0.1, -0.05) is 40.8 Å². The van der Waals surface area contributed by atoms with E-state index < -0.39 is 5.82 Å². The van der Waals surface area contributed by atoms with E-state index in [1.54, 1.807) is 19.4 Å². The summed E-state index contributed by atoms with van der Waals surface area (Å²) >= 11 is 2.18. The van der Waals surface area contributed by atoms with Gasteiger partial charge in [-0.05, 0) is 67.9 Å². The van der Waals surface area contributed by atoms with Gasteiger partial charge in [0.25, 0.3) is 5.91 Å². The first kappa shape index (κ1) is 33.3. The van der Waals surface area contributed by atoms with E-state index in [0.29, 0.717) is 34.5 Å². The molecule has 0 unspecified atom stereocenters. The number of benzene rings is 2. The fraction of sp³-hybridized carbons (Fsp3) is 0.500. The van der Waals surface area contributed by atoms with Crippen molar-refractivity contribution in [1.82, 2.24) is 9.47 Å². The zero-order chi connectivity index (χ0) is 32.1.